The minimum absolute atomic E-state index is 0.0149. The molecule has 0 bridgehead atoms. The second-order valence-electron chi connectivity index (χ2n) is 8.06. The van der Waals surface area contributed by atoms with E-state index in [0.29, 0.717) is 23.9 Å². The minimum atomic E-state index is -4.64. The number of hydrogen-bond donors (Lipinski definition) is 1. The summed E-state index contributed by atoms with van der Waals surface area (Å²) in [5, 5.41) is 4.01. The van der Waals surface area contributed by atoms with Gasteiger partial charge in [-0.1, -0.05) is 6.92 Å². The molecule has 1 aliphatic rings. The maximum atomic E-state index is 13.2. The zero-order valence-electron chi connectivity index (χ0n) is 18.2. The van der Waals surface area contributed by atoms with E-state index in [-0.39, 0.29) is 33.3 Å². The maximum Gasteiger partial charge on any atom is 0.433 e. The molecule has 34 heavy (non-hydrogen) atoms. The van der Waals surface area contributed by atoms with Crippen molar-refractivity contribution in [2.75, 3.05) is 17.8 Å². The van der Waals surface area contributed by atoms with Gasteiger partial charge in [-0.2, -0.15) is 22.8 Å². The number of halogens is 3. The molecule has 14 heteroatoms. The summed E-state index contributed by atoms with van der Waals surface area (Å²) in [4.78, 5) is 17.6. The number of pyridine rings is 1. The highest BCUT2D eigenvalue weighted by molar-refractivity contribution is 7.91. The molecule has 0 aliphatic heterocycles. The molecule has 10 nitrogen and oxygen atoms in total. The molecule has 0 unspecified atom stereocenters. The normalized spacial score (nSPS) is 14.9. The Morgan fingerprint density at radius 1 is 1.26 bits per heavy atom. The van der Waals surface area contributed by atoms with Crippen molar-refractivity contribution in [3.8, 4) is 11.4 Å². The lowest BCUT2D eigenvalue weighted by Gasteiger charge is -2.08. The Balaban J connectivity index is 1.71. The van der Waals surface area contributed by atoms with Crippen LogP contribution in [0, 0.1) is 5.92 Å². The van der Waals surface area contributed by atoms with E-state index in [0.717, 1.165) is 25.1 Å². The standard InChI is InChI=1S/C20H20F3N7O3S/c1-3-34(31,32)19-16(17-24-7-6-15(30(17)27-19)28-33-10-11-4-5-11)18-26-12-8-14(20(21,22)23)25-9-13(12)29(18)2/h6-9,11,28H,3-5,10H2,1-2H3. The number of rotatable bonds is 7. The average Bonchev–Trinajstić information content (AvgIpc) is 3.44. The fourth-order valence-corrected chi connectivity index (χ4v) is 4.51. The van der Waals surface area contributed by atoms with Crippen LogP contribution in [0.2, 0.25) is 0 Å². The van der Waals surface area contributed by atoms with E-state index >= 15 is 0 Å². The van der Waals surface area contributed by atoms with E-state index in [9.17, 15) is 21.6 Å². The van der Waals surface area contributed by atoms with Crippen molar-refractivity contribution in [1.82, 2.24) is 29.1 Å². The molecule has 1 aliphatic carbocycles. The third kappa shape index (κ3) is 3.86. The number of aryl methyl sites for hydroxylation is 1. The van der Waals surface area contributed by atoms with Crippen LogP contribution in [0.3, 0.4) is 0 Å². The molecular formula is C20H20F3N7O3S. The summed E-state index contributed by atoms with van der Waals surface area (Å²) < 4.78 is 68.1. The highest BCUT2D eigenvalue weighted by Crippen LogP contribution is 2.35. The topological polar surface area (TPSA) is 116 Å². The highest BCUT2D eigenvalue weighted by Gasteiger charge is 2.34. The lowest BCUT2D eigenvalue weighted by Crippen LogP contribution is -2.09. The fraction of sp³-hybridized carbons (Fsp3) is 0.400. The number of sulfone groups is 1. The summed E-state index contributed by atoms with van der Waals surface area (Å²) in [6.07, 6.45) is 0.0550. The van der Waals surface area contributed by atoms with Crippen LogP contribution in [-0.2, 0) is 27.9 Å². The van der Waals surface area contributed by atoms with Gasteiger partial charge >= 0.3 is 6.18 Å². The highest BCUT2D eigenvalue weighted by atomic mass is 32.2. The van der Waals surface area contributed by atoms with Crippen molar-refractivity contribution in [3.05, 3.63) is 30.2 Å². The summed E-state index contributed by atoms with van der Waals surface area (Å²) in [6, 6.07) is 2.40. The van der Waals surface area contributed by atoms with E-state index in [1.165, 1.54) is 22.2 Å². The van der Waals surface area contributed by atoms with Crippen molar-refractivity contribution in [2.24, 2.45) is 13.0 Å². The first kappa shape index (κ1) is 22.5. The number of nitrogens with zero attached hydrogens (tertiary/aromatic N) is 6. The van der Waals surface area contributed by atoms with Gasteiger partial charge in [0.15, 0.2) is 26.3 Å². The zero-order chi connectivity index (χ0) is 24.3. The molecule has 0 spiro atoms. The molecule has 0 amide bonds. The van der Waals surface area contributed by atoms with Gasteiger partial charge in [-0.3, -0.25) is 4.84 Å². The van der Waals surface area contributed by atoms with Gasteiger partial charge in [0.05, 0.1) is 29.6 Å². The summed E-state index contributed by atoms with van der Waals surface area (Å²) in [6.45, 7) is 1.97. The van der Waals surface area contributed by atoms with Crippen LogP contribution >= 0.6 is 0 Å². The van der Waals surface area contributed by atoms with Gasteiger partial charge in [0.1, 0.15) is 17.1 Å². The van der Waals surface area contributed by atoms with E-state index < -0.39 is 21.7 Å². The Bertz CT molecular complexity index is 1510. The number of hydrogen-bond acceptors (Lipinski definition) is 8. The molecule has 0 atom stereocenters. The lowest BCUT2D eigenvalue weighted by atomic mass is 10.3. The van der Waals surface area contributed by atoms with Gasteiger partial charge in [0.2, 0.25) is 0 Å². The lowest BCUT2D eigenvalue weighted by molar-refractivity contribution is -0.141. The van der Waals surface area contributed by atoms with Crippen molar-refractivity contribution >= 4 is 32.3 Å². The molecule has 4 aromatic rings. The molecule has 1 saturated carbocycles. The van der Waals surface area contributed by atoms with Gasteiger partial charge < -0.3 is 4.57 Å². The van der Waals surface area contributed by atoms with Crippen molar-refractivity contribution in [3.63, 3.8) is 0 Å². The average molecular weight is 495 g/mol. The van der Waals surface area contributed by atoms with Crippen molar-refractivity contribution < 1.29 is 26.4 Å². The maximum absolute atomic E-state index is 13.2. The Kier molecular flexibility index (Phi) is 5.24. The molecule has 0 aromatic carbocycles. The van der Waals surface area contributed by atoms with E-state index in [1.54, 1.807) is 13.1 Å². The smallest absolute Gasteiger partial charge is 0.326 e. The predicted octanol–water partition coefficient (Wildman–Crippen LogP) is 3.24. The third-order valence-electron chi connectivity index (χ3n) is 5.63. The molecule has 4 heterocycles. The van der Waals surface area contributed by atoms with Crippen LogP contribution in [0.1, 0.15) is 25.5 Å². The van der Waals surface area contributed by atoms with Crippen molar-refractivity contribution in [2.45, 2.75) is 31.0 Å². The molecule has 1 N–H and O–H groups in total. The fourth-order valence-electron chi connectivity index (χ4n) is 3.54. The first-order valence-corrected chi connectivity index (χ1v) is 12.1. The molecule has 180 valence electrons. The summed E-state index contributed by atoms with van der Waals surface area (Å²) in [5.41, 5.74) is 2.25. The molecule has 5 rings (SSSR count). The Morgan fingerprint density at radius 2 is 2.03 bits per heavy atom. The molecule has 4 aromatic heterocycles. The predicted molar refractivity (Wildman–Crippen MR) is 116 cm³/mol. The Morgan fingerprint density at radius 3 is 2.71 bits per heavy atom. The van der Waals surface area contributed by atoms with Gasteiger partial charge in [0.25, 0.3) is 0 Å². The Hall–Kier alpha value is -3.26. The largest absolute Gasteiger partial charge is 0.433 e. The number of alkyl halides is 3. The number of anilines is 1. The SMILES string of the molecule is CCS(=O)(=O)c1nn2c(NOCC3CC3)ccnc2c1-c1nc2cc(C(F)(F)F)ncc2n1C. The summed E-state index contributed by atoms with van der Waals surface area (Å²) >= 11 is 0. The van der Waals surface area contributed by atoms with Gasteiger partial charge in [0, 0.05) is 19.3 Å². The van der Waals surface area contributed by atoms with Crippen LogP contribution in [0.25, 0.3) is 28.1 Å². The zero-order valence-corrected chi connectivity index (χ0v) is 19.0. The van der Waals surface area contributed by atoms with Crippen LogP contribution in [0.4, 0.5) is 19.0 Å². The van der Waals surface area contributed by atoms with E-state index in [4.69, 9.17) is 4.84 Å². The Labute approximate surface area is 191 Å². The number of imidazole rings is 1. The summed E-state index contributed by atoms with van der Waals surface area (Å²) in [7, 11) is -2.29. The first-order chi connectivity index (χ1) is 16.1. The van der Waals surface area contributed by atoms with Gasteiger partial charge in [-0.05, 0) is 24.8 Å². The first-order valence-electron chi connectivity index (χ1n) is 10.5. The monoisotopic (exact) mass is 495 g/mol. The quantitative estimate of drug-likeness (QED) is 0.389. The van der Waals surface area contributed by atoms with Gasteiger partial charge in [-0.25, -0.2) is 28.8 Å². The van der Waals surface area contributed by atoms with Crippen LogP contribution in [0.5, 0.6) is 0 Å². The van der Waals surface area contributed by atoms with Crippen LogP contribution < -0.4 is 5.48 Å². The van der Waals surface area contributed by atoms with Crippen molar-refractivity contribution in [1.29, 1.82) is 0 Å². The van der Waals surface area contributed by atoms with Gasteiger partial charge in [-0.15, -0.1) is 0 Å². The number of nitrogens with one attached hydrogen (secondary N) is 1. The third-order valence-corrected chi connectivity index (χ3v) is 7.27. The summed E-state index contributed by atoms with van der Waals surface area (Å²) in [5.74, 6) is 0.698. The second-order valence-corrected chi connectivity index (χ2v) is 10.2. The minimum Gasteiger partial charge on any atom is -0.326 e. The number of fused-ring (bicyclic) bond motifs is 2. The van der Waals surface area contributed by atoms with Crippen LogP contribution in [0.15, 0.2) is 29.6 Å². The molecule has 0 saturated heterocycles. The van der Waals surface area contributed by atoms with E-state index in [2.05, 4.69) is 25.5 Å². The molecule has 0 radical (unpaired) electrons. The second kappa shape index (κ2) is 7.91. The molecular weight excluding hydrogens is 475 g/mol. The number of aromatic nitrogens is 6. The van der Waals surface area contributed by atoms with Crippen LogP contribution in [-0.4, -0.2) is 49.9 Å². The molecule has 1 fully saturated rings. The van der Waals surface area contributed by atoms with E-state index in [1.807, 2.05) is 0 Å².